The highest BCUT2D eigenvalue weighted by molar-refractivity contribution is 5.47. The first-order valence-electron chi connectivity index (χ1n) is 6.71. The van der Waals surface area contributed by atoms with E-state index < -0.39 is 0 Å². The molecule has 0 aromatic heterocycles. The smallest absolute Gasteiger partial charge is 0.0669 e. The van der Waals surface area contributed by atoms with Gasteiger partial charge in [-0.25, -0.2) is 0 Å². The fraction of sp³-hybridized carbons (Fsp3) is 0.278. The maximum Gasteiger partial charge on any atom is 0.0669 e. The maximum atomic E-state index is 8.66. The summed E-state index contributed by atoms with van der Waals surface area (Å²) in [5.74, 6) is 0. The Bertz CT molecular complexity index is 565. The van der Waals surface area contributed by atoms with Crippen molar-refractivity contribution in [1.82, 2.24) is 0 Å². The van der Waals surface area contributed by atoms with Gasteiger partial charge in [0.2, 0.25) is 0 Å². The first-order valence-corrected chi connectivity index (χ1v) is 6.71. The van der Waals surface area contributed by atoms with Gasteiger partial charge in [0.1, 0.15) is 0 Å². The van der Waals surface area contributed by atoms with Crippen LogP contribution in [0.2, 0.25) is 0 Å². The molecule has 1 aliphatic rings. The summed E-state index contributed by atoms with van der Waals surface area (Å²) >= 11 is 0. The van der Waals surface area contributed by atoms with Crippen LogP contribution in [0.3, 0.4) is 0 Å². The van der Waals surface area contributed by atoms with Gasteiger partial charge in [-0.2, -0.15) is 5.26 Å². The highest BCUT2D eigenvalue weighted by Gasteiger charge is 2.08. The van der Waals surface area contributed by atoms with Crippen LogP contribution < -0.4 is 0 Å². The molecular weight excluding hydrogens is 230 g/mol. The van der Waals surface area contributed by atoms with E-state index in [0.29, 0.717) is 6.42 Å². The minimum atomic E-state index is 0.480. The first-order chi connectivity index (χ1) is 9.20. The van der Waals surface area contributed by atoms with Crippen LogP contribution in [-0.4, -0.2) is 0 Å². The van der Waals surface area contributed by atoms with Crippen molar-refractivity contribution in [1.29, 1.82) is 5.26 Å². The average Bonchev–Trinajstić information content (AvgIpc) is 2.42. The van der Waals surface area contributed by atoms with Gasteiger partial charge in [-0.3, -0.25) is 0 Å². The van der Waals surface area contributed by atoms with E-state index in [-0.39, 0.29) is 0 Å². The molecule has 0 spiro atoms. The van der Waals surface area contributed by atoms with Crippen LogP contribution >= 0.6 is 0 Å². The quantitative estimate of drug-likeness (QED) is 0.769. The van der Waals surface area contributed by atoms with E-state index in [1.807, 2.05) is 12.1 Å². The molecule has 1 aromatic carbocycles. The van der Waals surface area contributed by atoms with Crippen molar-refractivity contribution in [3.8, 4) is 6.07 Å². The zero-order valence-corrected chi connectivity index (χ0v) is 11.4. The van der Waals surface area contributed by atoms with Crippen LogP contribution in [0, 0.1) is 11.3 Å². The Morgan fingerprint density at radius 3 is 2.42 bits per heavy atom. The van der Waals surface area contributed by atoms with Crippen LogP contribution in [0.4, 0.5) is 0 Å². The molecule has 0 heterocycles. The van der Waals surface area contributed by atoms with E-state index in [2.05, 4.69) is 43.9 Å². The summed E-state index contributed by atoms with van der Waals surface area (Å²) in [5, 5.41) is 8.66. The van der Waals surface area contributed by atoms with Crippen LogP contribution in [0.1, 0.15) is 30.9 Å². The zero-order chi connectivity index (χ0) is 13.7. The van der Waals surface area contributed by atoms with Crippen molar-refractivity contribution in [3.63, 3.8) is 0 Å². The van der Waals surface area contributed by atoms with Gasteiger partial charge in [0.05, 0.1) is 12.5 Å². The summed E-state index contributed by atoms with van der Waals surface area (Å²) in [4.78, 5) is 0. The SMILES string of the molecule is C=C(Cc1ccc(CC#N)cc1)C1=CCCC=C1C. The molecule has 2 rings (SSSR count). The van der Waals surface area contributed by atoms with Gasteiger partial charge in [-0.05, 0) is 54.0 Å². The summed E-state index contributed by atoms with van der Waals surface area (Å²) in [7, 11) is 0. The Kier molecular flexibility index (Phi) is 4.36. The fourth-order valence-electron chi connectivity index (χ4n) is 2.43. The number of benzene rings is 1. The number of hydrogen-bond donors (Lipinski definition) is 0. The van der Waals surface area contributed by atoms with E-state index in [1.54, 1.807) is 0 Å². The summed E-state index contributed by atoms with van der Waals surface area (Å²) in [6.45, 7) is 6.38. The second-order valence-electron chi connectivity index (χ2n) is 5.01. The van der Waals surface area contributed by atoms with E-state index in [0.717, 1.165) is 24.8 Å². The molecule has 0 aliphatic heterocycles. The molecule has 0 saturated carbocycles. The molecule has 19 heavy (non-hydrogen) atoms. The minimum Gasteiger partial charge on any atom is -0.198 e. The molecule has 96 valence electrons. The largest absolute Gasteiger partial charge is 0.198 e. The standard InChI is InChI=1S/C18H19N/c1-14-5-3-4-6-18(14)15(2)13-17-9-7-16(8-10-17)11-12-19/h5-10H,2-4,11,13H2,1H3. The third-order valence-corrected chi connectivity index (χ3v) is 3.50. The second kappa shape index (κ2) is 6.20. The molecule has 0 fully saturated rings. The predicted octanol–water partition coefficient (Wildman–Crippen LogP) is 4.52. The Hall–Kier alpha value is -2.07. The Morgan fingerprint density at radius 1 is 1.16 bits per heavy atom. The van der Waals surface area contributed by atoms with E-state index in [9.17, 15) is 0 Å². The molecule has 1 aromatic rings. The number of nitriles is 1. The van der Waals surface area contributed by atoms with Gasteiger partial charge in [-0.1, -0.05) is 43.0 Å². The van der Waals surface area contributed by atoms with Crippen molar-refractivity contribution in [2.24, 2.45) is 0 Å². The van der Waals surface area contributed by atoms with Crippen molar-refractivity contribution in [2.75, 3.05) is 0 Å². The molecule has 1 nitrogen and oxygen atoms in total. The van der Waals surface area contributed by atoms with Gasteiger partial charge >= 0.3 is 0 Å². The molecule has 0 bridgehead atoms. The number of nitrogens with zero attached hydrogens (tertiary/aromatic N) is 1. The number of hydrogen-bond acceptors (Lipinski definition) is 1. The zero-order valence-electron chi connectivity index (χ0n) is 11.4. The molecule has 1 heteroatoms. The van der Waals surface area contributed by atoms with Crippen molar-refractivity contribution < 1.29 is 0 Å². The topological polar surface area (TPSA) is 23.8 Å². The Labute approximate surface area is 115 Å². The molecule has 0 unspecified atom stereocenters. The normalized spacial score (nSPS) is 14.3. The molecular formula is C18H19N. The highest BCUT2D eigenvalue weighted by atomic mass is 14.2. The monoisotopic (exact) mass is 249 g/mol. The van der Waals surface area contributed by atoms with Crippen molar-refractivity contribution in [2.45, 2.75) is 32.6 Å². The molecule has 0 radical (unpaired) electrons. The van der Waals surface area contributed by atoms with Crippen molar-refractivity contribution >= 4 is 0 Å². The van der Waals surface area contributed by atoms with Crippen LogP contribution in [0.15, 0.2) is 59.7 Å². The average molecular weight is 249 g/mol. The Morgan fingerprint density at radius 2 is 1.79 bits per heavy atom. The minimum absolute atomic E-state index is 0.480. The van der Waals surface area contributed by atoms with Crippen molar-refractivity contribution in [3.05, 3.63) is 70.8 Å². The lowest BCUT2D eigenvalue weighted by atomic mass is 9.90. The molecule has 0 atom stereocenters. The van der Waals surface area contributed by atoms with Crippen LogP contribution in [-0.2, 0) is 12.8 Å². The lowest BCUT2D eigenvalue weighted by Crippen LogP contribution is -1.98. The third kappa shape index (κ3) is 3.45. The second-order valence-corrected chi connectivity index (χ2v) is 5.01. The van der Waals surface area contributed by atoms with Gasteiger partial charge < -0.3 is 0 Å². The van der Waals surface area contributed by atoms with Crippen LogP contribution in [0.25, 0.3) is 0 Å². The third-order valence-electron chi connectivity index (χ3n) is 3.50. The summed E-state index contributed by atoms with van der Waals surface area (Å²) < 4.78 is 0. The van der Waals surface area contributed by atoms with Gasteiger partial charge in [0, 0.05) is 0 Å². The lowest BCUT2D eigenvalue weighted by molar-refractivity contribution is 0.983. The summed E-state index contributed by atoms with van der Waals surface area (Å²) in [6, 6.07) is 10.4. The predicted molar refractivity (Wildman–Crippen MR) is 79.7 cm³/mol. The van der Waals surface area contributed by atoms with E-state index >= 15 is 0 Å². The first kappa shape index (κ1) is 13.4. The number of allylic oxidation sites excluding steroid dienone is 5. The summed E-state index contributed by atoms with van der Waals surface area (Å²) in [6.07, 6.45) is 8.20. The van der Waals surface area contributed by atoms with Gasteiger partial charge in [-0.15, -0.1) is 0 Å². The fourth-order valence-corrected chi connectivity index (χ4v) is 2.43. The molecule has 0 amide bonds. The van der Waals surface area contributed by atoms with Crippen LogP contribution in [0.5, 0.6) is 0 Å². The van der Waals surface area contributed by atoms with E-state index in [1.165, 1.54) is 22.3 Å². The van der Waals surface area contributed by atoms with Gasteiger partial charge in [0.25, 0.3) is 0 Å². The summed E-state index contributed by atoms with van der Waals surface area (Å²) in [5.41, 5.74) is 6.17. The highest BCUT2D eigenvalue weighted by Crippen LogP contribution is 2.26. The molecule has 0 saturated heterocycles. The Balaban J connectivity index is 2.05. The lowest BCUT2D eigenvalue weighted by Gasteiger charge is -2.15. The molecule has 1 aliphatic carbocycles. The van der Waals surface area contributed by atoms with E-state index in [4.69, 9.17) is 5.26 Å². The maximum absolute atomic E-state index is 8.66. The number of rotatable bonds is 4. The molecule has 0 N–H and O–H groups in total. The van der Waals surface area contributed by atoms with Gasteiger partial charge in [0.15, 0.2) is 0 Å².